The lowest BCUT2D eigenvalue weighted by molar-refractivity contribution is 0.0607. The molecule has 0 fully saturated rings. The summed E-state index contributed by atoms with van der Waals surface area (Å²) in [6.45, 7) is 0. The number of carbonyl (C=O) groups is 2. The number of carbonyl (C=O) groups excluding carboxylic acids is 2. The molecule has 1 amide bonds. The summed E-state index contributed by atoms with van der Waals surface area (Å²) >= 11 is 8.40. The van der Waals surface area contributed by atoms with Gasteiger partial charge >= 0.3 is 5.97 Å². The van der Waals surface area contributed by atoms with Crippen molar-refractivity contribution in [1.29, 1.82) is 0 Å². The van der Waals surface area contributed by atoms with Gasteiger partial charge < -0.3 is 10.1 Å². The van der Waals surface area contributed by atoms with E-state index >= 15 is 0 Å². The summed E-state index contributed by atoms with van der Waals surface area (Å²) in [6, 6.07) is 1.61. The molecule has 1 N–H and O–H groups in total. The number of aromatic nitrogens is 2. The van der Waals surface area contributed by atoms with E-state index in [2.05, 4.69) is 20.0 Å². The van der Waals surface area contributed by atoms with Crippen LogP contribution >= 0.6 is 34.7 Å². The number of methoxy groups -OCH3 is 1. The van der Waals surface area contributed by atoms with Crippen molar-refractivity contribution in [1.82, 2.24) is 9.97 Å². The predicted molar refractivity (Wildman–Crippen MR) is 82.4 cm³/mol. The van der Waals surface area contributed by atoms with Crippen molar-refractivity contribution in [2.45, 2.75) is 5.16 Å². The van der Waals surface area contributed by atoms with E-state index in [1.807, 2.05) is 0 Å². The van der Waals surface area contributed by atoms with Gasteiger partial charge in [0.25, 0.3) is 5.91 Å². The predicted octanol–water partition coefficient (Wildman–Crippen LogP) is 2.95. The van der Waals surface area contributed by atoms with Crippen LogP contribution in [0.4, 0.5) is 5.69 Å². The lowest BCUT2D eigenvalue weighted by atomic mass is 10.3. The smallest absolute Gasteiger partial charge is 0.350 e. The molecule has 2 heterocycles. The Morgan fingerprint density at radius 1 is 1.48 bits per heavy atom. The molecule has 2 rings (SSSR count). The molecule has 6 nitrogen and oxygen atoms in total. The van der Waals surface area contributed by atoms with Crippen molar-refractivity contribution in [3.05, 3.63) is 33.2 Å². The zero-order chi connectivity index (χ0) is 15.4. The number of halogens is 1. The number of amides is 1. The number of hydrogen-bond acceptors (Lipinski definition) is 7. The van der Waals surface area contributed by atoms with Crippen LogP contribution in [0.25, 0.3) is 0 Å². The number of esters is 1. The summed E-state index contributed by atoms with van der Waals surface area (Å²) < 4.78 is 4.65. The van der Waals surface area contributed by atoms with Gasteiger partial charge in [0, 0.05) is 0 Å². The number of ether oxygens (including phenoxy) is 1. The number of hydrogen-bond donors (Lipinski definition) is 1. The normalized spacial score (nSPS) is 10.2. The average molecular weight is 344 g/mol. The molecule has 2 aromatic rings. The quantitative estimate of drug-likeness (QED) is 0.522. The maximum Gasteiger partial charge on any atom is 0.350 e. The molecule has 0 saturated carbocycles. The molecule has 0 aliphatic rings. The van der Waals surface area contributed by atoms with Gasteiger partial charge in [-0.1, -0.05) is 23.4 Å². The van der Waals surface area contributed by atoms with E-state index in [-0.39, 0.29) is 10.7 Å². The topological polar surface area (TPSA) is 81.2 Å². The monoisotopic (exact) mass is 343 g/mol. The van der Waals surface area contributed by atoms with Gasteiger partial charge in [-0.2, -0.15) is 0 Å². The van der Waals surface area contributed by atoms with Crippen molar-refractivity contribution in [3.63, 3.8) is 0 Å². The van der Waals surface area contributed by atoms with Crippen LogP contribution in [0.2, 0.25) is 5.02 Å². The minimum Gasteiger partial charge on any atom is -0.465 e. The minimum atomic E-state index is -0.515. The highest BCUT2D eigenvalue weighted by Gasteiger charge is 2.19. The molecular formula is C12H10ClN3O3S2. The van der Waals surface area contributed by atoms with E-state index in [1.54, 1.807) is 17.7 Å². The summed E-state index contributed by atoms with van der Waals surface area (Å²) in [7, 11) is 1.28. The third-order valence-corrected chi connectivity index (χ3v) is 4.14. The lowest BCUT2D eigenvalue weighted by Gasteiger charge is -2.07. The van der Waals surface area contributed by atoms with Crippen LogP contribution in [0.15, 0.2) is 22.8 Å². The summed E-state index contributed by atoms with van der Waals surface area (Å²) in [6.07, 6.45) is 3.16. The summed E-state index contributed by atoms with van der Waals surface area (Å²) in [5.74, 6) is -1.03. The van der Waals surface area contributed by atoms with Crippen molar-refractivity contribution < 1.29 is 14.3 Å². The Hall–Kier alpha value is -1.64. The van der Waals surface area contributed by atoms with Crippen LogP contribution in [0.3, 0.4) is 0 Å². The van der Waals surface area contributed by atoms with Crippen molar-refractivity contribution in [2.75, 3.05) is 18.7 Å². The van der Waals surface area contributed by atoms with Crippen LogP contribution < -0.4 is 5.32 Å². The van der Waals surface area contributed by atoms with E-state index in [1.165, 1.54) is 36.4 Å². The Bertz CT molecular complexity index is 690. The SMILES string of the molecule is COC(=O)c1sccc1NC(=O)c1nc(SC)ncc1Cl. The van der Waals surface area contributed by atoms with Gasteiger partial charge in [0.1, 0.15) is 4.88 Å². The Balaban J connectivity index is 2.26. The first kappa shape index (κ1) is 15.7. The van der Waals surface area contributed by atoms with Gasteiger partial charge in [-0.15, -0.1) is 11.3 Å². The highest BCUT2D eigenvalue weighted by molar-refractivity contribution is 7.98. The molecule has 2 aromatic heterocycles. The van der Waals surface area contributed by atoms with Crippen molar-refractivity contribution in [2.24, 2.45) is 0 Å². The molecule has 0 spiro atoms. The minimum absolute atomic E-state index is 0.0537. The van der Waals surface area contributed by atoms with Crippen molar-refractivity contribution >= 4 is 52.3 Å². The largest absolute Gasteiger partial charge is 0.465 e. The van der Waals surface area contributed by atoms with Crippen LogP contribution in [0, 0.1) is 0 Å². The fourth-order valence-electron chi connectivity index (χ4n) is 1.45. The second kappa shape index (κ2) is 6.88. The number of rotatable bonds is 4. The molecule has 0 aromatic carbocycles. The third-order valence-electron chi connectivity index (χ3n) is 2.40. The molecule has 0 atom stereocenters. The maximum absolute atomic E-state index is 12.2. The molecule has 0 unspecified atom stereocenters. The van der Waals surface area contributed by atoms with Gasteiger partial charge in [0.05, 0.1) is 24.0 Å². The van der Waals surface area contributed by atoms with E-state index < -0.39 is 11.9 Å². The standard InChI is InChI=1S/C12H10ClN3O3S2/c1-19-11(18)9-7(3-4-21-9)15-10(17)8-6(13)5-14-12(16-8)20-2/h3-5H,1-2H3,(H,15,17). The fourth-order valence-corrected chi connectivity index (χ4v) is 2.73. The molecule has 0 aliphatic carbocycles. The second-order valence-corrected chi connectivity index (χ2v) is 5.76. The first-order chi connectivity index (χ1) is 10.1. The van der Waals surface area contributed by atoms with Crippen LogP contribution in [0.1, 0.15) is 20.2 Å². The first-order valence-corrected chi connectivity index (χ1v) is 8.08. The van der Waals surface area contributed by atoms with Gasteiger partial charge in [-0.25, -0.2) is 14.8 Å². The number of thioether (sulfide) groups is 1. The average Bonchev–Trinajstić information content (AvgIpc) is 2.95. The highest BCUT2D eigenvalue weighted by Crippen LogP contribution is 2.24. The zero-order valence-electron chi connectivity index (χ0n) is 11.0. The number of nitrogens with one attached hydrogen (secondary N) is 1. The summed E-state index contributed by atoms with van der Waals surface area (Å²) in [5, 5.41) is 4.85. The Kier molecular flexibility index (Phi) is 5.16. The molecule has 21 heavy (non-hydrogen) atoms. The second-order valence-electron chi connectivity index (χ2n) is 3.66. The molecular weight excluding hydrogens is 334 g/mol. The Morgan fingerprint density at radius 2 is 2.24 bits per heavy atom. The molecule has 0 saturated heterocycles. The van der Waals surface area contributed by atoms with Gasteiger partial charge in [0.15, 0.2) is 10.9 Å². The van der Waals surface area contributed by atoms with E-state index in [9.17, 15) is 9.59 Å². The number of nitrogens with zero attached hydrogens (tertiary/aromatic N) is 2. The highest BCUT2D eigenvalue weighted by atomic mass is 35.5. The van der Waals surface area contributed by atoms with E-state index in [0.29, 0.717) is 15.7 Å². The molecule has 9 heteroatoms. The zero-order valence-corrected chi connectivity index (χ0v) is 13.4. The molecule has 0 radical (unpaired) electrons. The van der Waals surface area contributed by atoms with Gasteiger partial charge in [-0.05, 0) is 17.7 Å². The fraction of sp³-hybridized carbons (Fsp3) is 0.167. The van der Waals surface area contributed by atoms with Crippen LogP contribution in [-0.2, 0) is 4.74 Å². The number of anilines is 1. The Morgan fingerprint density at radius 3 is 2.90 bits per heavy atom. The van der Waals surface area contributed by atoms with Gasteiger partial charge in [0.2, 0.25) is 0 Å². The van der Waals surface area contributed by atoms with Crippen LogP contribution in [-0.4, -0.2) is 35.2 Å². The third kappa shape index (κ3) is 3.52. The number of thiophene rings is 1. The lowest BCUT2D eigenvalue weighted by Crippen LogP contribution is -2.16. The first-order valence-electron chi connectivity index (χ1n) is 5.60. The van der Waals surface area contributed by atoms with E-state index in [0.717, 1.165) is 0 Å². The Labute approximate surface area is 133 Å². The maximum atomic E-state index is 12.2. The van der Waals surface area contributed by atoms with Gasteiger partial charge in [-0.3, -0.25) is 4.79 Å². The van der Waals surface area contributed by atoms with Crippen LogP contribution in [0.5, 0.6) is 0 Å². The molecule has 0 bridgehead atoms. The summed E-state index contributed by atoms with van der Waals surface area (Å²) in [4.78, 5) is 32.1. The summed E-state index contributed by atoms with van der Waals surface area (Å²) in [5.41, 5.74) is 0.412. The molecule has 110 valence electrons. The van der Waals surface area contributed by atoms with E-state index in [4.69, 9.17) is 11.6 Å². The van der Waals surface area contributed by atoms with Crippen molar-refractivity contribution in [3.8, 4) is 0 Å². The molecule has 0 aliphatic heterocycles.